The SMILES string of the molecule is CC(C)c1cccc(-n2nnn(C)c2=O)c1. The van der Waals surface area contributed by atoms with Gasteiger partial charge in [-0.25, -0.2) is 4.79 Å². The van der Waals surface area contributed by atoms with E-state index in [2.05, 4.69) is 24.3 Å². The van der Waals surface area contributed by atoms with Crippen LogP contribution in [0.25, 0.3) is 5.69 Å². The first-order valence-corrected chi connectivity index (χ1v) is 5.19. The van der Waals surface area contributed by atoms with Crippen LogP contribution in [0.1, 0.15) is 25.3 Å². The Bertz CT molecular complexity index is 553. The summed E-state index contributed by atoms with van der Waals surface area (Å²) in [5.41, 5.74) is 1.69. The molecule has 0 saturated carbocycles. The van der Waals surface area contributed by atoms with Crippen LogP contribution in [0.5, 0.6) is 0 Å². The molecule has 1 aromatic carbocycles. The number of aromatic nitrogens is 4. The third-order valence-corrected chi connectivity index (χ3v) is 2.50. The number of tetrazole rings is 1. The summed E-state index contributed by atoms with van der Waals surface area (Å²) in [4.78, 5) is 11.7. The average molecular weight is 218 g/mol. The van der Waals surface area contributed by atoms with Crippen LogP contribution in [-0.2, 0) is 7.05 Å². The van der Waals surface area contributed by atoms with E-state index in [-0.39, 0.29) is 5.69 Å². The van der Waals surface area contributed by atoms with Crippen molar-refractivity contribution in [2.75, 3.05) is 0 Å². The van der Waals surface area contributed by atoms with Crippen molar-refractivity contribution in [1.82, 2.24) is 19.8 Å². The van der Waals surface area contributed by atoms with Crippen molar-refractivity contribution in [3.63, 3.8) is 0 Å². The first kappa shape index (κ1) is 10.6. The van der Waals surface area contributed by atoms with Gasteiger partial charge in [0.1, 0.15) is 0 Å². The molecule has 16 heavy (non-hydrogen) atoms. The number of rotatable bonds is 2. The molecule has 0 bridgehead atoms. The summed E-state index contributed by atoms with van der Waals surface area (Å²) in [5.74, 6) is 0.423. The molecule has 0 aliphatic carbocycles. The van der Waals surface area contributed by atoms with Gasteiger partial charge in [-0.15, -0.1) is 0 Å². The van der Waals surface area contributed by atoms with Crippen LogP contribution in [0.15, 0.2) is 29.1 Å². The zero-order valence-corrected chi connectivity index (χ0v) is 9.58. The van der Waals surface area contributed by atoms with Crippen molar-refractivity contribution in [3.05, 3.63) is 40.3 Å². The Hall–Kier alpha value is -1.91. The predicted octanol–water partition coefficient (Wildman–Crippen LogP) is 1.09. The average Bonchev–Trinajstić information content (AvgIpc) is 2.60. The minimum atomic E-state index is -0.235. The third kappa shape index (κ3) is 1.76. The highest BCUT2D eigenvalue weighted by molar-refractivity contribution is 5.35. The number of hydrogen-bond donors (Lipinski definition) is 0. The maximum atomic E-state index is 11.7. The lowest BCUT2D eigenvalue weighted by Gasteiger charge is -2.06. The van der Waals surface area contributed by atoms with Gasteiger partial charge >= 0.3 is 5.69 Å². The Morgan fingerprint density at radius 1 is 1.25 bits per heavy atom. The standard InChI is InChI=1S/C11H14N4O/c1-8(2)9-5-4-6-10(7-9)15-11(16)14(3)12-13-15/h4-8H,1-3H3. The van der Waals surface area contributed by atoms with Gasteiger partial charge in [0.25, 0.3) is 0 Å². The van der Waals surface area contributed by atoms with E-state index in [9.17, 15) is 4.79 Å². The molecule has 0 aliphatic rings. The topological polar surface area (TPSA) is 52.7 Å². The van der Waals surface area contributed by atoms with Crippen LogP contribution in [0, 0.1) is 0 Å². The van der Waals surface area contributed by atoms with Gasteiger partial charge in [-0.1, -0.05) is 26.0 Å². The molecule has 0 aliphatic heterocycles. The lowest BCUT2D eigenvalue weighted by molar-refractivity contribution is 0.693. The number of hydrogen-bond acceptors (Lipinski definition) is 3. The summed E-state index contributed by atoms with van der Waals surface area (Å²) in [6.45, 7) is 4.22. The molecule has 1 aromatic heterocycles. The van der Waals surface area contributed by atoms with Crippen molar-refractivity contribution in [2.45, 2.75) is 19.8 Å². The van der Waals surface area contributed by atoms with Gasteiger partial charge in [-0.2, -0.15) is 9.36 Å². The highest BCUT2D eigenvalue weighted by atomic mass is 16.2. The van der Waals surface area contributed by atoms with Crippen molar-refractivity contribution in [1.29, 1.82) is 0 Å². The molecule has 2 rings (SSSR count). The Morgan fingerprint density at radius 2 is 2.00 bits per heavy atom. The van der Waals surface area contributed by atoms with E-state index in [4.69, 9.17) is 0 Å². The first-order chi connectivity index (χ1) is 7.59. The summed E-state index contributed by atoms with van der Waals surface area (Å²) < 4.78 is 2.51. The van der Waals surface area contributed by atoms with Crippen LogP contribution in [0.2, 0.25) is 0 Å². The fourth-order valence-electron chi connectivity index (χ4n) is 1.49. The monoisotopic (exact) mass is 218 g/mol. The van der Waals surface area contributed by atoms with Crippen LogP contribution in [0.3, 0.4) is 0 Å². The van der Waals surface area contributed by atoms with Crippen LogP contribution in [-0.4, -0.2) is 19.8 Å². The smallest absolute Gasteiger partial charge is 0.244 e. The molecule has 0 radical (unpaired) electrons. The molecule has 0 unspecified atom stereocenters. The largest absolute Gasteiger partial charge is 0.368 e. The van der Waals surface area contributed by atoms with E-state index < -0.39 is 0 Å². The second-order valence-corrected chi connectivity index (χ2v) is 4.05. The van der Waals surface area contributed by atoms with Gasteiger partial charge in [-0.05, 0) is 34.0 Å². The van der Waals surface area contributed by atoms with Gasteiger partial charge in [-0.3, -0.25) is 0 Å². The summed E-state index contributed by atoms with van der Waals surface area (Å²) in [5, 5.41) is 7.49. The Balaban J connectivity index is 2.53. The number of aryl methyl sites for hydroxylation is 1. The van der Waals surface area contributed by atoms with Crippen molar-refractivity contribution >= 4 is 0 Å². The van der Waals surface area contributed by atoms with E-state index in [1.807, 2.05) is 24.3 Å². The van der Waals surface area contributed by atoms with Gasteiger partial charge in [0.05, 0.1) is 5.69 Å². The lowest BCUT2D eigenvalue weighted by atomic mass is 10.0. The molecule has 0 amide bonds. The Kier molecular flexibility index (Phi) is 2.60. The lowest BCUT2D eigenvalue weighted by Crippen LogP contribution is -2.21. The minimum Gasteiger partial charge on any atom is -0.244 e. The molecule has 5 heteroatoms. The van der Waals surface area contributed by atoms with Gasteiger partial charge < -0.3 is 0 Å². The highest BCUT2D eigenvalue weighted by Crippen LogP contribution is 2.16. The summed E-state index contributed by atoms with van der Waals surface area (Å²) in [7, 11) is 1.58. The van der Waals surface area contributed by atoms with Crippen molar-refractivity contribution in [2.24, 2.45) is 7.05 Å². The zero-order valence-electron chi connectivity index (χ0n) is 9.58. The van der Waals surface area contributed by atoms with E-state index >= 15 is 0 Å². The van der Waals surface area contributed by atoms with Gasteiger partial charge in [0.2, 0.25) is 0 Å². The van der Waals surface area contributed by atoms with E-state index in [0.29, 0.717) is 5.92 Å². The summed E-state index contributed by atoms with van der Waals surface area (Å²) in [6, 6.07) is 7.77. The summed E-state index contributed by atoms with van der Waals surface area (Å²) in [6.07, 6.45) is 0. The molecule has 84 valence electrons. The molecule has 1 heterocycles. The minimum absolute atomic E-state index is 0.235. The molecular weight excluding hydrogens is 204 g/mol. The van der Waals surface area contributed by atoms with Gasteiger partial charge in [0, 0.05) is 7.05 Å². The molecule has 0 spiro atoms. The molecule has 0 fully saturated rings. The molecule has 0 N–H and O–H groups in total. The number of benzene rings is 1. The van der Waals surface area contributed by atoms with Gasteiger partial charge in [0.15, 0.2) is 0 Å². The fourth-order valence-corrected chi connectivity index (χ4v) is 1.49. The predicted molar refractivity (Wildman–Crippen MR) is 60.7 cm³/mol. The molecule has 5 nitrogen and oxygen atoms in total. The van der Waals surface area contributed by atoms with Crippen molar-refractivity contribution < 1.29 is 0 Å². The van der Waals surface area contributed by atoms with Crippen molar-refractivity contribution in [3.8, 4) is 5.69 Å². The maximum absolute atomic E-state index is 11.7. The molecular formula is C11H14N4O. The fraction of sp³-hybridized carbons (Fsp3) is 0.364. The van der Waals surface area contributed by atoms with E-state index in [1.54, 1.807) is 7.05 Å². The summed E-state index contributed by atoms with van der Waals surface area (Å²) >= 11 is 0. The Morgan fingerprint density at radius 3 is 2.56 bits per heavy atom. The second kappa shape index (κ2) is 3.92. The van der Waals surface area contributed by atoms with Crippen LogP contribution < -0.4 is 5.69 Å². The quantitative estimate of drug-likeness (QED) is 0.758. The van der Waals surface area contributed by atoms with Crippen LogP contribution >= 0.6 is 0 Å². The Labute approximate surface area is 93.3 Å². The zero-order chi connectivity index (χ0) is 11.7. The first-order valence-electron chi connectivity index (χ1n) is 5.19. The van der Waals surface area contributed by atoms with Crippen LogP contribution in [0.4, 0.5) is 0 Å². The molecule has 0 atom stereocenters. The molecule has 0 saturated heterocycles. The van der Waals surface area contributed by atoms with E-state index in [0.717, 1.165) is 5.69 Å². The number of nitrogens with zero attached hydrogens (tertiary/aromatic N) is 4. The highest BCUT2D eigenvalue weighted by Gasteiger charge is 2.07. The normalized spacial score (nSPS) is 11.0. The maximum Gasteiger partial charge on any atom is 0.368 e. The third-order valence-electron chi connectivity index (χ3n) is 2.50. The second-order valence-electron chi connectivity index (χ2n) is 4.05. The van der Waals surface area contributed by atoms with E-state index in [1.165, 1.54) is 14.9 Å². The molecule has 2 aromatic rings.